The van der Waals surface area contributed by atoms with E-state index < -0.39 is 0 Å². The van der Waals surface area contributed by atoms with Gasteiger partial charge in [-0.15, -0.1) is 0 Å². The minimum atomic E-state index is 0.379. The summed E-state index contributed by atoms with van der Waals surface area (Å²) in [6, 6.07) is 7.71. The molecule has 0 radical (unpaired) electrons. The molecule has 3 heteroatoms. The standard InChI is InChI=1S/C18H27NO2/c1-3-16-18(6-4-13(2)19-16)21-10-8-14-5-7-17-15(12-14)9-11-20-17/h5,7,12-13,16,18-19H,3-4,6,8-11H2,1-2H3. The van der Waals surface area contributed by atoms with Crippen LogP contribution in [-0.2, 0) is 17.6 Å². The van der Waals surface area contributed by atoms with Crippen LogP contribution in [0, 0.1) is 0 Å². The highest BCUT2D eigenvalue weighted by Crippen LogP contribution is 2.26. The van der Waals surface area contributed by atoms with Gasteiger partial charge in [0.05, 0.1) is 19.3 Å². The summed E-state index contributed by atoms with van der Waals surface area (Å²) in [6.45, 7) is 6.16. The molecular formula is C18H27NO2. The normalized spacial score (nSPS) is 28.2. The Hall–Kier alpha value is -1.06. The molecule has 0 aromatic heterocycles. The Kier molecular flexibility index (Phi) is 4.81. The van der Waals surface area contributed by atoms with E-state index in [1.807, 2.05) is 0 Å². The Balaban J connectivity index is 1.49. The molecule has 1 aromatic rings. The third-order valence-electron chi connectivity index (χ3n) is 4.75. The third-order valence-corrected chi connectivity index (χ3v) is 4.75. The number of ether oxygens (including phenoxy) is 2. The Morgan fingerprint density at radius 3 is 3.10 bits per heavy atom. The molecule has 0 saturated carbocycles. The Labute approximate surface area is 128 Å². The molecule has 0 bridgehead atoms. The van der Waals surface area contributed by atoms with E-state index in [0.29, 0.717) is 18.2 Å². The van der Waals surface area contributed by atoms with Crippen molar-refractivity contribution in [3.8, 4) is 5.75 Å². The number of fused-ring (bicyclic) bond motifs is 1. The quantitative estimate of drug-likeness (QED) is 0.903. The molecule has 1 fully saturated rings. The lowest BCUT2D eigenvalue weighted by molar-refractivity contribution is 0.00112. The van der Waals surface area contributed by atoms with Crippen LogP contribution < -0.4 is 10.1 Å². The van der Waals surface area contributed by atoms with E-state index >= 15 is 0 Å². The van der Waals surface area contributed by atoms with Gasteiger partial charge in [0.1, 0.15) is 5.75 Å². The maximum absolute atomic E-state index is 6.16. The van der Waals surface area contributed by atoms with E-state index in [2.05, 4.69) is 37.4 Å². The molecule has 21 heavy (non-hydrogen) atoms. The van der Waals surface area contributed by atoms with E-state index in [-0.39, 0.29) is 0 Å². The van der Waals surface area contributed by atoms with E-state index in [1.54, 1.807) is 0 Å². The monoisotopic (exact) mass is 289 g/mol. The SMILES string of the molecule is CCC1NC(C)CCC1OCCc1ccc2c(c1)CCO2. The largest absolute Gasteiger partial charge is 0.493 e. The van der Waals surface area contributed by atoms with E-state index in [9.17, 15) is 0 Å². The minimum Gasteiger partial charge on any atom is -0.493 e. The Morgan fingerprint density at radius 1 is 1.33 bits per heavy atom. The lowest BCUT2D eigenvalue weighted by atomic mass is 9.95. The number of hydrogen-bond donors (Lipinski definition) is 1. The van der Waals surface area contributed by atoms with Crippen LogP contribution in [0.25, 0.3) is 0 Å². The Morgan fingerprint density at radius 2 is 2.24 bits per heavy atom. The molecule has 0 aliphatic carbocycles. The maximum atomic E-state index is 6.16. The van der Waals surface area contributed by atoms with Crippen molar-refractivity contribution in [2.24, 2.45) is 0 Å². The van der Waals surface area contributed by atoms with Gasteiger partial charge >= 0.3 is 0 Å². The lowest BCUT2D eigenvalue weighted by Crippen LogP contribution is -2.50. The average Bonchev–Trinajstić information content (AvgIpc) is 2.96. The lowest BCUT2D eigenvalue weighted by Gasteiger charge is -2.35. The molecule has 116 valence electrons. The first-order valence-electron chi connectivity index (χ1n) is 8.38. The van der Waals surface area contributed by atoms with Crippen LogP contribution in [0.5, 0.6) is 5.75 Å². The maximum Gasteiger partial charge on any atom is 0.122 e. The van der Waals surface area contributed by atoms with Crippen LogP contribution in [0.3, 0.4) is 0 Å². The van der Waals surface area contributed by atoms with Gasteiger partial charge in [-0.3, -0.25) is 0 Å². The molecule has 3 atom stereocenters. The number of rotatable bonds is 5. The van der Waals surface area contributed by atoms with Crippen LogP contribution in [0.15, 0.2) is 18.2 Å². The van der Waals surface area contributed by atoms with Crippen molar-refractivity contribution >= 4 is 0 Å². The van der Waals surface area contributed by atoms with Crippen LogP contribution in [0.2, 0.25) is 0 Å². The van der Waals surface area contributed by atoms with E-state index in [1.165, 1.54) is 24.0 Å². The molecular weight excluding hydrogens is 262 g/mol. The summed E-state index contributed by atoms with van der Waals surface area (Å²) < 4.78 is 11.7. The van der Waals surface area contributed by atoms with Gasteiger partial charge in [-0.1, -0.05) is 19.1 Å². The molecule has 3 rings (SSSR count). The van der Waals surface area contributed by atoms with Crippen molar-refractivity contribution in [3.63, 3.8) is 0 Å². The fourth-order valence-electron chi connectivity index (χ4n) is 3.48. The molecule has 3 unspecified atom stereocenters. The predicted octanol–water partition coefficient (Wildman–Crippen LogP) is 3.10. The molecule has 1 N–H and O–H groups in total. The summed E-state index contributed by atoms with van der Waals surface area (Å²) in [6.07, 6.45) is 5.97. The third kappa shape index (κ3) is 3.58. The van der Waals surface area contributed by atoms with Crippen LogP contribution in [-0.4, -0.2) is 31.4 Å². The van der Waals surface area contributed by atoms with Crippen LogP contribution in [0.1, 0.15) is 44.2 Å². The topological polar surface area (TPSA) is 30.5 Å². The Bertz CT molecular complexity index is 474. The van der Waals surface area contributed by atoms with Crippen molar-refractivity contribution in [3.05, 3.63) is 29.3 Å². The molecule has 1 saturated heterocycles. The van der Waals surface area contributed by atoms with E-state index in [0.717, 1.165) is 38.2 Å². The molecule has 2 aliphatic heterocycles. The zero-order valence-corrected chi connectivity index (χ0v) is 13.2. The minimum absolute atomic E-state index is 0.379. The van der Waals surface area contributed by atoms with Crippen LogP contribution in [0.4, 0.5) is 0 Å². The van der Waals surface area contributed by atoms with Crippen molar-refractivity contribution < 1.29 is 9.47 Å². The number of hydrogen-bond acceptors (Lipinski definition) is 3. The first-order chi connectivity index (χ1) is 10.3. The summed E-state index contributed by atoms with van der Waals surface area (Å²) in [7, 11) is 0. The second-order valence-electron chi connectivity index (χ2n) is 6.36. The zero-order chi connectivity index (χ0) is 14.7. The molecule has 1 aromatic carbocycles. The number of nitrogens with one attached hydrogen (secondary N) is 1. The van der Waals surface area contributed by atoms with Gasteiger partial charge in [0.2, 0.25) is 0 Å². The molecule has 2 aliphatic rings. The summed E-state index contributed by atoms with van der Waals surface area (Å²) in [5.41, 5.74) is 2.72. The van der Waals surface area contributed by atoms with Gasteiger partial charge < -0.3 is 14.8 Å². The summed E-state index contributed by atoms with van der Waals surface area (Å²) >= 11 is 0. The van der Waals surface area contributed by atoms with Crippen LogP contribution >= 0.6 is 0 Å². The first-order valence-corrected chi connectivity index (χ1v) is 8.38. The molecule has 0 amide bonds. The fraction of sp³-hybridized carbons (Fsp3) is 0.667. The molecule has 0 spiro atoms. The number of benzene rings is 1. The molecule has 2 heterocycles. The van der Waals surface area contributed by atoms with Crippen molar-refractivity contribution in [1.82, 2.24) is 5.32 Å². The highest BCUT2D eigenvalue weighted by molar-refractivity contribution is 5.39. The first kappa shape index (κ1) is 14.9. The highest BCUT2D eigenvalue weighted by Gasteiger charge is 2.27. The van der Waals surface area contributed by atoms with Gasteiger partial charge in [0, 0.05) is 18.5 Å². The number of piperidine rings is 1. The summed E-state index contributed by atoms with van der Waals surface area (Å²) in [5.74, 6) is 1.07. The second-order valence-corrected chi connectivity index (χ2v) is 6.36. The van der Waals surface area contributed by atoms with Crippen molar-refractivity contribution in [2.75, 3.05) is 13.2 Å². The van der Waals surface area contributed by atoms with Gasteiger partial charge in [0.15, 0.2) is 0 Å². The summed E-state index contributed by atoms with van der Waals surface area (Å²) in [4.78, 5) is 0. The summed E-state index contributed by atoms with van der Waals surface area (Å²) in [5, 5.41) is 3.66. The average molecular weight is 289 g/mol. The van der Waals surface area contributed by atoms with Gasteiger partial charge in [-0.2, -0.15) is 0 Å². The second kappa shape index (κ2) is 6.80. The van der Waals surface area contributed by atoms with Gasteiger partial charge in [-0.25, -0.2) is 0 Å². The zero-order valence-electron chi connectivity index (χ0n) is 13.2. The van der Waals surface area contributed by atoms with Gasteiger partial charge in [-0.05, 0) is 49.8 Å². The van der Waals surface area contributed by atoms with E-state index in [4.69, 9.17) is 9.47 Å². The highest BCUT2D eigenvalue weighted by atomic mass is 16.5. The fourth-order valence-corrected chi connectivity index (χ4v) is 3.48. The molecule has 3 nitrogen and oxygen atoms in total. The van der Waals surface area contributed by atoms with Crippen molar-refractivity contribution in [2.45, 2.75) is 64.1 Å². The van der Waals surface area contributed by atoms with Crippen molar-refractivity contribution in [1.29, 1.82) is 0 Å². The van der Waals surface area contributed by atoms with Gasteiger partial charge in [0.25, 0.3) is 0 Å². The predicted molar refractivity (Wildman–Crippen MR) is 85.0 cm³/mol. The smallest absolute Gasteiger partial charge is 0.122 e.